The Labute approximate surface area is 209 Å². The van der Waals surface area contributed by atoms with Crippen molar-refractivity contribution in [2.24, 2.45) is 0 Å². The summed E-state index contributed by atoms with van der Waals surface area (Å²) < 4.78 is 13.3. The number of benzene rings is 3. The molecular formula is C29H29NO4S. The fraction of sp³-hybridized carbons (Fsp3) is 0.276. The van der Waals surface area contributed by atoms with Crippen LogP contribution in [0.15, 0.2) is 78.2 Å². The minimum Gasteiger partial charge on any atom is -0.490 e. The fourth-order valence-corrected chi connectivity index (χ4v) is 5.92. The molecule has 6 heteroatoms. The average molecular weight is 488 g/mol. The van der Waals surface area contributed by atoms with Crippen LogP contribution in [0.4, 0.5) is 0 Å². The Morgan fingerprint density at radius 2 is 1.86 bits per heavy atom. The van der Waals surface area contributed by atoms with Crippen molar-refractivity contribution in [1.29, 1.82) is 0 Å². The number of carboxylic acids is 1. The highest BCUT2D eigenvalue weighted by atomic mass is 32.1. The first-order chi connectivity index (χ1) is 17.2. The Morgan fingerprint density at radius 3 is 2.66 bits per heavy atom. The first kappa shape index (κ1) is 23.4. The second-order valence-corrected chi connectivity index (χ2v) is 9.65. The molecule has 2 unspecified atom stereocenters. The number of rotatable bonds is 9. The summed E-state index contributed by atoms with van der Waals surface area (Å²) in [5.74, 6) is 0.598. The molecule has 0 aliphatic carbocycles. The second-order valence-electron chi connectivity index (χ2n) is 8.74. The predicted molar refractivity (Wildman–Crippen MR) is 139 cm³/mol. The molecule has 1 aliphatic rings. The molecule has 180 valence electrons. The molecular weight excluding hydrogens is 458 g/mol. The third-order valence-electron chi connectivity index (χ3n) is 6.54. The lowest BCUT2D eigenvalue weighted by molar-refractivity contribution is -0.142. The van der Waals surface area contributed by atoms with Crippen molar-refractivity contribution < 1.29 is 19.4 Å². The molecule has 1 fully saturated rings. The molecule has 4 aromatic rings. The summed E-state index contributed by atoms with van der Waals surface area (Å²) in [5, 5.41) is 13.3. The number of aliphatic carboxylic acids is 1. The van der Waals surface area contributed by atoms with Gasteiger partial charge in [-0.25, -0.2) is 0 Å². The molecule has 2 atom stereocenters. The molecule has 35 heavy (non-hydrogen) atoms. The molecule has 0 spiro atoms. The standard InChI is InChI=1S/C29H29NO4S/c1-2-33-26-17-21(14-15-25(26)34-18-20-9-4-3-5-10-20)28(30-16-8-12-24(30)29(31)32)23-19-35-27-13-7-6-11-22(23)27/h3-7,9-11,13-15,17,19,24,28H,2,8,12,16,18H2,1H3,(H,31,32). The molecule has 5 nitrogen and oxygen atoms in total. The van der Waals surface area contributed by atoms with E-state index in [0.29, 0.717) is 31.1 Å². The molecule has 1 saturated heterocycles. The van der Waals surface area contributed by atoms with Gasteiger partial charge >= 0.3 is 5.97 Å². The minimum absolute atomic E-state index is 0.183. The van der Waals surface area contributed by atoms with Crippen molar-refractivity contribution in [1.82, 2.24) is 4.90 Å². The van der Waals surface area contributed by atoms with Crippen LogP contribution in [0.25, 0.3) is 10.1 Å². The van der Waals surface area contributed by atoms with Gasteiger partial charge in [0.05, 0.1) is 12.6 Å². The number of carboxylic acid groups (broad SMARTS) is 1. The van der Waals surface area contributed by atoms with E-state index in [1.807, 2.05) is 61.5 Å². The van der Waals surface area contributed by atoms with Crippen LogP contribution in [0.3, 0.4) is 0 Å². The summed E-state index contributed by atoms with van der Waals surface area (Å²) in [7, 11) is 0. The zero-order chi connectivity index (χ0) is 24.2. The number of fused-ring (bicyclic) bond motifs is 1. The monoisotopic (exact) mass is 487 g/mol. The number of hydrogen-bond acceptors (Lipinski definition) is 5. The van der Waals surface area contributed by atoms with Crippen LogP contribution in [0.5, 0.6) is 11.5 Å². The van der Waals surface area contributed by atoms with Crippen LogP contribution in [0, 0.1) is 0 Å². The summed E-state index contributed by atoms with van der Waals surface area (Å²) in [6.45, 7) is 3.66. The molecule has 1 aromatic heterocycles. The van der Waals surface area contributed by atoms with Gasteiger partial charge in [-0.15, -0.1) is 11.3 Å². The summed E-state index contributed by atoms with van der Waals surface area (Å²) >= 11 is 1.70. The molecule has 0 saturated carbocycles. The van der Waals surface area contributed by atoms with Crippen LogP contribution in [-0.2, 0) is 11.4 Å². The summed E-state index contributed by atoms with van der Waals surface area (Å²) in [6, 6.07) is 23.7. The van der Waals surface area contributed by atoms with Crippen molar-refractivity contribution in [3.05, 3.63) is 94.9 Å². The third kappa shape index (κ3) is 4.90. The van der Waals surface area contributed by atoms with Gasteiger partial charge in [0.2, 0.25) is 0 Å². The molecule has 0 amide bonds. The molecule has 0 bridgehead atoms. The number of carbonyl (C=O) groups is 1. The van der Waals surface area contributed by atoms with Gasteiger partial charge < -0.3 is 14.6 Å². The van der Waals surface area contributed by atoms with Crippen LogP contribution in [-0.4, -0.2) is 35.2 Å². The zero-order valence-electron chi connectivity index (χ0n) is 19.7. The van der Waals surface area contributed by atoms with Crippen LogP contribution in [0.1, 0.15) is 42.5 Å². The SMILES string of the molecule is CCOc1cc(C(c2csc3ccccc23)N2CCCC2C(=O)O)ccc1OCc1ccccc1. The van der Waals surface area contributed by atoms with Gasteiger partial charge in [0, 0.05) is 11.2 Å². The van der Waals surface area contributed by atoms with Crippen molar-refractivity contribution in [3.63, 3.8) is 0 Å². The minimum atomic E-state index is -0.764. The van der Waals surface area contributed by atoms with Crippen molar-refractivity contribution in [2.45, 2.75) is 38.5 Å². The van der Waals surface area contributed by atoms with Gasteiger partial charge in [-0.3, -0.25) is 9.69 Å². The lowest BCUT2D eigenvalue weighted by atomic mass is 9.95. The van der Waals surface area contributed by atoms with E-state index in [4.69, 9.17) is 9.47 Å². The van der Waals surface area contributed by atoms with Gasteiger partial charge in [-0.05, 0) is 65.4 Å². The summed E-state index contributed by atoms with van der Waals surface area (Å²) in [4.78, 5) is 14.3. The van der Waals surface area contributed by atoms with Gasteiger partial charge in [0.1, 0.15) is 12.6 Å². The first-order valence-corrected chi connectivity index (χ1v) is 12.9. The Kier molecular flexibility index (Phi) is 7.02. The van der Waals surface area contributed by atoms with Gasteiger partial charge in [0.25, 0.3) is 0 Å². The molecule has 1 aliphatic heterocycles. The van der Waals surface area contributed by atoms with Crippen molar-refractivity contribution >= 4 is 27.4 Å². The Bertz CT molecular complexity index is 1300. The second kappa shape index (κ2) is 10.5. The lowest BCUT2D eigenvalue weighted by Crippen LogP contribution is -2.39. The van der Waals surface area contributed by atoms with E-state index in [1.165, 1.54) is 10.1 Å². The van der Waals surface area contributed by atoms with Crippen molar-refractivity contribution in [2.75, 3.05) is 13.2 Å². The van der Waals surface area contributed by atoms with E-state index >= 15 is 0 Å². The normalized spacial score (nSPS) is 16.9. The number of nitrogens with zero attached hydrogens (tertiary/aromatic N) is 1. The fourth-order valence-electron chi connectivity index (χ4n) is 4.94. The lowest BCUT2D eigenvalue weighted by Gasteiger charge is -2.32. The number of likely N-dealkylation sites (tertiary alicyclic amines) is 1. The van der Waals surface area contributed by atoms with Crippen molar-refractivity contribution in [3.8, 4) is 11.5 Å². The van der Waals surface area contributed by atoms with Gasteiger partial charge in [0.15, 0.2) is 11.5 Å². The molecule has 1 N–H and O–H groups in total. The number of thiophene rings is 1. The molecule has 3 aromatic carbocycles. The summed E-state index contributed by atoms with van der Waals surface area (Å²) in [5.41, 5.74) is 3.24. The van der Waals surface area contributed by atoms with Gasteiger partial charge in [-0.2, -0.15) is 0 Å². The largest absolute Gasteiger partial charge is 0.490 e. The highest BCUT2D eigenvalue weighted by Crippen LogP contribution is 2.42. The maximum absolute atomic E-state index is 12.1. The molecule has 0 radical (unpaired) electrons. The first-order valence-electron chi connectivity index (χ1n) is 12.0. The maximum Gasteiger partial charge on any atom is 0.320 e. The average Bonchev–Trinajstić information content (AvgIpc) is 3.53. The molecule has 5 rings (SSSR count). The highest BCUT2D eigenvalue weighted by molar-refractivity contribution is 7.17. The van der Waals surface area contributed by atoms with E-state index in [2.05, 4.69) is 28.5 Å². The molecule has 2 heterocycles. The van der Waals surface area contributed by atoms with Crippen LogP contribution in [0.2, 0.25) is 0 Å². The number of ether oxygens (including phenoxy) is 2. The topological polar surface area (TPSA) is 59.0 Å². The van der Waals surface area contributed by atoms with E-state index in [9.17, 15) is 9.90 Å². The van der Waals surface area contributed by atoms with E-state index in [0.717, 1.165) is 29.7 Å². The summed E-state index contributed by atoms with van der Waals surface area (Å²) in [6.07, 6.45) is 1.52. The Balaban J connectivity index is 1.55. The zero-order valence-corrected chi connectivity index (χ0v) is 20.5. The smallest absolute Gasteiger partial charge is 0.320 e. The van der Waals surface area contributed by atoms with Crippen LogP contribution < -0.4 is 9.47 Å². The predicted octanol–water partition coefficient (Wildman–Crippen LogP) is 6.52. The third-order valence-corrected chi connectivity index (χ3v) is 7.52. The van der Waals surface area contributed by atoms with E-state index in [-0.39, 0.29) is 6.04 Å². The Hall–Kier alpha value is -3.35. The quantitative estimate of drug-likeness (QED) is 0.291. The van der Waals surface area contributed by atoms with E-state index in [1.54, 1.807) is 11.3 Å². The van der Waals surface area contributed by atoms with E-state index < -0.39 is 12.0 Å². The van der Waals surface area contributed by atoms with Gasteiger partial charge in [-0.1, -0.05) is 54.6 Å². The maximum atomic E-state index is 12.1. The number of hydrogen-bond donors (Lipinski definition) is 1. The highest BCUT2D eigenvalue weighted by Gasteiger charge is 2.38. The Morgan fingerprint density at radius 1 is 1.06 bits per heavy atom. The van der Waals surface area contributed by atoms with Crippen LogP contribution >= 0.6 is 11.3 Å².